The Balaban J connectivity index is 2.49. The molecule has 0 fully saturated rings. The number of ether oxygens (including phenoxy) is 1. The first-order valence-corrected chi connectivity index (χ1v) is 7.43. The molecule has 3 nitrogen and oxygen atoms in total. The summed E-state index contributed by atoms with van der Waals surface area (Å²) in [4.78, 5) is 0. The number of aliphatic hydroxyl groups excluding tert-OH is 1. The molecule has 0 aliphatic heterocycles. The minimum absolute atomic E-state index is 0.0980. The molecule has 2 N–H and O–H groups in total. The van der Waals surface area contributed by atoms with Gasteiger partial charge in [-0.3, -0.25) is 0 Å². The van der Waals surface area contributed by atoms with Crippen LogP contribution in [0, 0.1) is 0 Å². The standard InChI is InChI=1S/C17H29NO2/c1-13(2)18-15(12-19)9-10-20-16-8-6-7-14(11-16)17(3,4)5/h6-8,11,13,15,18-19H,9-10,12H2,1-5H3. The summed E-state index contributed by atoms with van der Waals surface area (Å²) in [5.74, 6) is 0.902. The van der Waals surface area contributed by atoms with Crippen molar-refractivity contribution in [3.05, 3.63) is 29.8 Å². The third kappa shape index (κ3) is 5.93. The van der Waals surface area contributed by atoms with Gasteiger partial charge in [-0.15, -0.1) is 0 Å². The minimum atomic E-state index is 0.0980. The third-order valence-corrected chi connectivity index (χ3v) is 3.22. The second kappa shape index (κ2) is 7.65. The van der Waals surface area contributed by atoms with Crippen molar-refractivity contribution < 1.29 is 9.84 Å². The lowest BCUT2D eigenvalue weighted by Crippen LogP contribution is -2.38. The van der Waals surface area contributed by atoms with Crippen molar-refractivity contribution in [2.24, 2.45) is 0 Å². The van der Waals surface area contributed by atoms with Gasteiger partial charge in [0.05, 0.1) is 13.2 Å². The summed E-state index contributed by atoms with van der Waals surface area (Å²) in [6, 6.07) is 8.72. The van der Waals surface area contributed by atoms with Gasteiger partial charge in [0.1, 0.15) is 5.75 Å². The molecule has 0 heterocycles. The van der Waals surface area contributed by atoms with E-state index in [2.05, 4.69) is 52.1 Å². The van der Waals surface area contributed by atoms with E-state index in [1.807, 2.05) is 12.1 Å². The van der Waals surface area contributed by atoms with Crippen molar-refractivity contribution >= 4 is 0 Å². The van der Waals surface area contributed by atoms with Crippen LogP contribution in [0.5, 0.6) is 5.75 Å². The third-order valence-electron chi connectivity index (χ3n) is 3.22. The molecule has 1 unspecified atom stereocenters. The second-order valence-electron chi connectivity index (χ2n) is 6.62. The highest BCUT2D eigenvalue weighted by Gasteiger charge is 2.14. The lowest BCUT2D eigenvalue weighted by molar-refractivity contribution is 0.202. The fraction of sp³-hybridized carbons (Fsp3) is 0.647. The molecule has 0 saturated carbocycles. The summed E-state index contributed by atoms with van der Waals surface area (Å²) in [5.41, 5.74) is 1.40. The Bertz CT molecular complexity index is 396. The maximum atomic E-state index is 9.30. The van der Waals surface area contributed by atoms with Crippen LogP contribution in [-0.4, -0.2) is 30.4 Å². The number of hydrogen-bond donors (Lipinski definition) is 2. The zero-order chi connectivity index (χ0) is 15.2. The highest BCUT2D eigenvalue weighted by molar-refractivity contribution is 5.32. The van der Waals surface area contributed by atoms with Crippen LogP contribution in [-0.2, 0) is 5.41 Å². The number of aliphatic hydroxyl groups is 1. The molecule has 114 valence electrons. The van der Waals surface area contributed by atoms with Crippen LogP contribution >= 0.6 is 0 Å². The van der Waals surface area contributed by atoms with Gasteiger partial charge in [0, 0.05) is 12.1 Å². The summed E-state index contributed by atoms with van der Waals surface area (Å²) in [5, 5.41) is 12.6. The maximum Gasteiger partial charge on any atom is 0.119 e. The molecule has 0 aliphatic carbocycles. The molecule has 3 heteroatoms. The molecule has 1 aromatic rings. The van der Waals surface area contributed by atoms with Crippen LogP contribution in [0.1, 0.15) is 46.6 Å². The van der Waals surface area contributed by atoms with E-state index in [-0.39, 0.29) is 18.1 Å². The van der Waals surface area contributed by atoms with Crippen molar-refractivity contribution in [2.45, 2.75) is 58.5 Å². The minimum Gasteiger partial charge on any atom is -0.494 e. The second-order valence-corrected chi connectivity index (χ2v) is 6.62. The Morgan fingerprint density at radius 2 is 1.95 bits per heavy atom. The quantitative estimate of drug-likeness (QED) is 0.806. The topological polar surface area (TPSA) is 41.5 Å². The Labute approximate surface area is 123 Å². The summed E-state index contributed by atoms with van der Waals surface area (Å²) in [6.07, 6.45) is 0.800. The summed E-state index contributed by atoms with van der Waals surface area (Å²) < 4.78 is 5.80. The van der Waals surface area contributed by atoms with Crippen LogP contribution in [0.2, 0.25) is 0 Å². The van der Waals surface area contributed by atoms with Gasteiger partial charge >= 0.3 is 0 Å². The first-order valence-electron chi connectivity index (χ1n) is 7.43. The molecule has 0 amide bonds. The number of hydrogen-bond acceptors (Lipinski definition) is 3. The molecule has 20 heavy (non-hydrogen) atoms. The average Bonchev–Trinajstić information content (AvgIpc) is 2.36. The fourth-order valence-corrected chi connectivity index (χ4v) is 2.07. The molecule has 1 rings (SSSR count). The predicted molar refractivity (Wildman–Crippen MR) is 84.4 cm³/mol. The smallest absolute Gasteiger partial charge is 0.119 e. The molecule has 1 atom stereocenters. The van der Waals surface area contributed by atoms with Gasteiger partial charge in [-0.1, -0.05) is 46.8 Å². The molecular weight excluding hydrogens is 250 g/mol. The maximum absolute atomic E-state index is 9.30. The first kappa shape index (κ1) is 17.0. The first-order chi connectivity index (χ1) is 9.32. The Morgan fingerprint density at radius 3 is 2.50 bits per heavy atom. The van der Waals surface area contributed by atoms with Crippen molar-refractivity contribution in [1.29, 1.82) is 0 Å². The van der Waals surface area contributed by atoms with Crippen LogP contribution in [0.3, 0.4) is 0 Å². The highest BCUT2D eigenvalue weighted by Crippen LogP contribution is 2.25. The molecule has 0 spiro atoms. The Morgan fingerprint density at radius 1 is 1.25 bits per heavy atom. The van der Waals surface area contributed by atoms with E-state index in [0.717, 1.165) is 12.2 Å². The monoisotopic (exact) mass is 279 g/mol. The Kier molecular flexibility index (Phi) is 6.50. The zero-order valence-corrected chi connectivity index (χ0v) is 13.4. The summed E-state index contributed by atoms with van der Waals surface area (Å²) >= 11 is 0. The number of rotatable bonds is 7. The van der Waals surface area contributed by atoms with E-state index in [4.69, 9.17) is 4.74 Å². The van der Waals surface area contributed by atoms with E-state index >= 15 is 0 Å². The van der Waals surface area contributed by atoms with Crippen LogP contribution in [0.25, 0.3) is 0 Å². The summed E-state index contributed by atoms with van der Waals surface area (Å²) in [6.45, 7) is 11.5. The molecule has 0 aliphatic rings. The van der Waals surface area contributed by atoms with E-state index < -0.39 is 0 Å². The van der Waals surface area contributed by atoms with Crippen molar-refractivity contribution in [2.75, 3.05) is 13.2 Å². The van der Waals surface area contributed by atoms with Gasteiger partial charge in [-0.05, 0) is 29.5 Å². The van der Waals surface area contributed by atoms with Gasteiger partial charge in [0.25, 0.3) is 0 Å². The van der Waals surface area contributed by atoms with Crippen molar-refractivity contribution in [3.63, 3.8) is 0 Å². The lowest BCUT2D eigenvalue weighted by Gasteiger charge is -2.21. The highest BCUT2D eigenvalue weighted by atomic mass is 16.5. The van der Waals surface area contributed by atoms with Crippen molar-refractivity contribution in [1.82, 2.24) is 5.32 Å². The molecule has 0 bridgehead atoms. The normalized spacial score (nSPS) is 13.6. The predicted octanol–water partition coefficient (Wildman–Crippen LogP) is 3.11. The van der Waals surface area contributed by atoms with Gasteiger partial charge in [-0.25, -0.2) is 0 Å². The lowest BCUT2D eigenvalue weighted by atomic mass is 9.87. The molecule has 0 aromatic heterocycles. The van der Waals surface area contributed by atoms with Crippen LogP contribution in [0.15, 0.2) is 24.3 Å². The molecule has 0 radical (unpaired) electrons. The molecular formula is C17H29NO2. The van der Waals surface area contributed by atoms with Gasteiger partial charge in [0.15, 0.2) is 0 Å². The Hall–Kier alpha value is -1.06. The van der Waals surface area contributed by atoms with Crippen molar-refractivity contribution in [3.8, 4) is 5.75 Å². The van der Waals surface area contributed by atoms with Gasteiger partial charge in [-0.2, -0.15) is 0 Å². The van der Waals surface area contributed by atoms with E-state index in [1.165, 1.54) is 5.56 Å². The SMILES string of the molecule is CC(C)NC(CO)CCOc1cccc(C(C)(C)C)c1. The number of benzene rings is 1. The fourth-order valence-electron chi connectivity index (χ4n) is 2.07. The van der Waals surface area contributed by atoms with E-state index in [0.29, 0.717) is 12.6 Å². The zero-order valence-electron chi connectivity index (χ0n) is 13.4. The number of nitrogens with one attached hydrogen (secondary N) is 1. The molecule has 1 aromatic carbocycles. The van der Waals surface area contributed by atoms with E-state index in [1.54, 1.807) is 0 Å². The average molecular weight is 279 g/mol. The van der Waals surface area contributed by atoms with Gasteiger partial charge < -0.3 is 15.2 Å². The molecule has 0 saturated heterocycles. The summed E-state index contributed by atoms with van der Waals surface area (Å²) in [7, 11) is 0. The van der Waals surface area contributed by atoms with Gasteiger partial charge in [0.2, 0.25) is 0 Å². The van der Waals surface area contributed by atoms with Crippen LogP contribution in [0.4, 0.5) is 0 Å². The van der Waals surface area contributed by atoms with E-state index in [9.17, 15) is 5.11 Å². The van der Waals surface area contributed by atoms with Crippen LogP contribution < -0.4 is 10.1 Å². The largest absolute Gasteiger partial charge is 0.494 e.